The van der Waals surface area contributed by atoms with Crippen molar-refractivity contribution < 1.29 is 9.84 Å². The van der Waals surface area contributed by atoms with Gasteiger partial charge in [-0.1, -0.05) is 5.11 Å². The van der Waals surface area contributed by atoms with Crippen molar-refractivity contribution in [3.05, 3.63) is 43.0 Å². The van der Waals surface area contributed by atoms with Gasteiger partial charge in [0.15, 0.2) is 6.29 Å². The molecule has 1 saturated heterocycles. The van der Waals surface area contributed by atoms with Gasteiger partial charge in [-0.25, -0.2) is 4.79 Å². The average Bonchev–Trinajstić information content (AvgIpc) is 2.66. The fourth-order valence-electron chi connectivity index (χ4n) is 1.78. The van der Waals surface area contributed by atoms with E-state index < -0.39 is 29.8 Å². The summed E-state index contributed by atoms with van der Waals surface area (Å²) in [4.78, 5) is 27.5. The van der Waals surface area contributed by atoms with Crippen LogP contribution in [-0.4, -0.2) is 27.0 Å². The molecule has 2 N–H and O–H groups in total. The molecule has 18 heavy (non-hydrogen) atoms. The van der Waals surface area contributed by atoms with Crippen LogP contribution < -0.4 is 11.2 Å². The molecule has 9 nitrogen and oxygen atoms in total. The van der Waals surface area contributed by atoms with Crippen molar-refractivity contribution >= 4 is 0 Å². The Hall–Kier alpha value is -2.09. The van der Waals surface area contributed by atoms with Crippen molar-refractivity contribution in [2.45, 2.75) is 31.9 Å². The SMILES string of the molecule is Cc1cn(C2C[C@H](N=[N+]=[N-])[C@@H](O)O2)c(=O)[nH]c1=O. The van der Waals surface area contributed by atoms with Crippen LogP contribution in [0.5, 0.6) is 0 Å². The molecular formula is C9H11N5O4. The molecule has 1 aliphatic heterocycles. The maximum Gasteiger partial charge on any atom is 0.330 e. The molecule has 1 aliphatic rings. The van der Waals surface area contributed by atoms with Gasteiger partial charge in [0.05, 0.1) is 6.04 Å². The Kier molecular flexibility index (Phi) is 3.19. The average molecular weight is 253 g/mol. The summed E-state index contributed by atoms with van der Waals surface area (Å²) in [6.45, 7) is 1.55. The van der Waals surface area contributed by atoms with E-state index in [9.17, 15) is 14.7 Å². The first kappa shape index (κ1) is 12.4. The van der Waals surface area contributed by atoms with Crippen molar-refractivity contribution in [2.24, 2.45) is 5.11 Å². The second-order valence-electron chi connectivity index (χ2n) is 3.97. The number of aliphatic hydroxyl groups excluding tert-OH is 1. The number of nitrogens with zero attached hydrogens (tertiary/aromatic N) is 4. The number of hydrogen-bond acceptors (Lipinski definition) is 5. The number of rotatable bonds is 2. The van der Waals surface area contributed by atoms with E-state index in [1.54, 1.807) is 6.92 Å². The van der Waals surface area contributed by atoms with E-state index in [1.165, 1.54) is 6.20 Å². The second-order valence-corrected chi connectivity index (χ2v) is 3.97. The molecule has 1 fully saturated rings. The monoisotopic (exact) mass is 253 g/mol. The molecule has 96 valence electrons. The second kappa shape index (κ2) is 4.65. The molecule has 0 amide bonds. The van der Waals surface area contributed by atoms with E-state index >= 15 is 0 Å². The summed E-state index contributed by atoms with van der Waals surface area (Å²) in [5.74, 6) is 0. The van der Waals surface area contributed by atoms with Gasteiger partial charge in [0.1, 0.15) is 6.23 Å². The highest BCUT2D eigenvalue weighted by atomic mass is 16.6. The zero-order valence-corrected chi connectivity index (χ0v) is 9.48. The predicted octanol–water partition coefficient (Wildman–Crippen LogP) is -0.239. The van der Waals surface area contributed by atoms with Gasteiger partial charge in [-0.3, -0.25) is 14.3 Å². The first-order valence-corrected chi connectivity index (χ1v) is 5.22. The predicted molar refractivity (Wildman–Crippen MR) is 59.7 cm³/mol. The Morgan fingerprint density at radius 2 is 2.39 bits per heavy atom. The minimum absolute atomic E-state index is 0.163. The molecule has 9 heteroatoms. The normalized spacial score (nSPS) is 26.9. The van der Waals surface area contributed by atoms with Gasteiger partial charge in [0.25, 0.3) is 5.56 Å². The summed E-state index contributed by atoms with van der Waals surface area (Å²) in [5.41, 5.74) is 7.55. The number of ether oxygens (including phenoxy) is 1. The number of aliphatic hydroxyl groups is 1. The summed E-state index contributed by atoms with van der Waals surface area (Å²) < 4.78 is 6.28. The van der Waals surface area contributed by atoms with E-state index in [1.807, 2.05) is 0 Å². The third-order valence-electron chi connectivity index (χ3n) is 2.72. The lowest BCUT2D eigenvalue weighted by Gasteiger charge is -2.13. The van der Waals surface area contributed by atoms with Gasteiger partial charge in [0.2, 0.25) is 0 Å². The molecule has 1 aromatic heterocycles. The van der Waals surface area contributed by atoms with Crippen molar-refractivity contribution in [3.8, 4) is 0 Å². The van der Waals surface area contributed by atoms with Crippen LogP contribution in [0.15, 0.2) is 20.9 Å². The van der Waals surface area contributed by atoms with Crippen LogP contribution in [0.2, 0.25) is 0 Å². The molecule has 0 aromatic carbocycles. The number of hydrogen-bond donors (Lipinski definition) is 2. The highest BCUT2D eigenvalue weighted by Crippen LogP contribution is 2.28. The van der Waals surface area contributed by atoms with Crippen molar-refractivity contribution in [2.75, 3.05) is 0 Å². The minimum atomic E-state index is -1.26. The number of azide groups is 1. The lowest BCUT2D eigenvalue weighted by atomic mass is 10.2. The standard InChI is InChI=1S/C9H11N5O4/c1-4-3-14(9(17)11-7(4)15)6-2-5(12-13-10)8(16)18-6/h3,5-6,8,16H,2H2,1H3,(H,11,15,17)/t5-,6?,8-/m0/s1. The number of aromatic nitrogens is 2. The van der Waals surface area contributed by atoms with Crippen molar-refractivity contribution in [3.63, 3.8) is 0 Å². The van der Waals surface area contributed by atoms with Gasteiger partial charge >= 0.3 is 5.69 Å². The molecule has 0 radical (unpaired) electrons. The Morgan fingerprint density at radius 3 is 3.06 bits per heavy atom. The maximum absolute atomic E-state index is 11.6. The quantitative estimate of drug-likeness (QED) is 0.427. The number of nitrogens with one attached hydrogen (secondary N) is 1. The summed E-state index contributed by atoms with van der Waals surface area (Å²) in [6.07, 6.45) is -0.517. The number of H-pyrrole nitrogens is 1. The third kappa shape index (κ3) is 2.14. The largest absolute Gasteiger partial charge is 0.367 e. The molecule has 2 rings (SSSR count). The van der Waals surface area contributed by atoms with Crippen LogP contribution in [0.25, 0.3) is 10.4 Å². The Morgan fingerprint density at radius 1 is 1.67 bits per heavy atom. The fourth-order valence-corrected chi connectivity index (χ4v) is 1.78. The van der Waals surface area contributed by atoms with E-state index in [0.29, 0.717) is 5.56 Å². The molecule has 1 aromatic rings. The molecule has 1 unspecified atom stereocenters. The van der Waals surface area contributed by atoms with Crippen LogP contribution >= 0.6 is 0 Å². The highest BCUT2D eigenvalue weighted by Gasteiger charge is 2.34. The molecule has 2 heterocycles. The van der Waals surface area contributed by atoms with E-state index in [4.69, 9.17) is 10.3 Å². The van der Waals surface area contributed by atoms with Gasteiger partial charge in [0, 0.05) is 23.1 Å². The van der Waals surface area contributed by atoms with E-state index in [2.05, 4.69) is 15.0 Å². The summed E-state index contributed by atoms with van der Waals surface area (Å²) in [5, 5.41) is 12.9. The lowest BCUT2D eigenvalue weighted by Crippen LogP contribution is -2.33. The van der Waals surface area contributed by atoms with E-state index in [0.717, 1.165) is 4.57 Å². The zero-order valence-electron chi connectivity index (χ0n) is 9.48. The zero-order chi connectivity index (χ0) is 13.3. The van der Waals surface area contributed by atoms with E-state index in [-0.39, 0.29) is 6.42 Å². The molecule has 0 saturated carbocycles. The Bertz CT molecular complexity index is 614. The lowest BCUT2D eigenvalue weighted by molar-refractivity contribution is -0.118. The summed E-state index contributed by atoms with van der Waals surface area (Å²) in [7, 11) is 0. The van der Waals surface area contributed by atoms with Crippen LogP contribution in [0.4, 0.5) is 0 Å². The highest BCUT2D eigenvalue weighted by molar-refractivity contribution is 5.02. The van der Waals surface area contributed by atoms with Crippen LogP contribution in [0.1, 0.15) is 18.2 Å². The van der Waals surface area contributed by atoms with Crippen molar-refractivity contribution in [1.29, 1.82) is 0 Å². The summed E-state index contributed by atoms with van der Waals surface area (Å²) in [6, 6.07) is -0.751. The minimum Gasteiger partial charge on any atom is -0.367 e. The Balaban J connectivity index is 2.35. The smallest absolute Gasteiger partial charge is 0.330 e. The summed E-state index contributed by atoms with van der Waals surface area (Å²) >= 11 is 0. The van der Waals surface area contributed by atoms with Crippen molar-refractivity contribution in [1.82, 2.24) is 9.55 Å². The molecule has 3 atom stereocenters. The maximum atomic E-state index is 11.6. The number of aryl methyl sites for hydroxylation is 1. The van der Waals surface area contributed by atoms with Gasteiger partial charge in [-0.05, 0) is 12.5 Å². The molecule has 0 spiro atoms. The van der Waals surface area contributed by atoms with Crippen LogP contribution in [0, 0.1) is 6.92 Å². The van der Waals surface area contributed by atoms with Crippen LogP contribution in [-0.2, 0) is 4.74 Å². The van der Waals surface area contributed by atoms with Gasteiger partial charge in [-0.15, -0.1) is 0 Å². The topological polar surface area (TPSA) is 133 Å². The number of aromatic amines is 1. The molecule has 0 aliphatic carbocycles. The molecular weight excluding hydrogens is 242 g/mol. The Labute approximate surface area is 100 Å². The van der Waals surface area contributed by atoms with Gasteiger partial charge in [-0.2, -0.15) is 0 Å². The molecule has 0 bridgehead atoms. The van der Waals surface area contributed by atoms with Crippen LogP contribution in [0.3, 0.4) is 0 Å². The first-order valence-electron chi connectivity index (χ1n) is 5.22. The van der Waals surface area contributed by atoms with Gasteiger partial charge < -0.3 is 9.84 Å². The first-order chi connectivity index (χ1) is 8.52. The third-order valence-corrected chi connectivity index (χ3v) is 2.72. The fraction of sp³-hybridized carbons (Fsp3) is 0.556.